The van der Waals surface area contributed by atoms with E-state index in [-0.39, 0.29) is 0 Å². The van der Waals surface area contributed by atoms with Gasteiger partial charge < -0.3 is 10.6 Å². The largest absolute Gasteiger partial charge is 0.384 e. The fourth-order valence-corrected chi connectivity index (χ4v) is 2.00. The number of nitrogens with two attached hydrogens (primary N) is 1. The van der Waals surface area contributed by atoms with E-state index >= 15 is 0 Å². The van der Waals surface area contributed by atoms with Gasteiger partial charge in [-0.2, -0.15) is 0 Å². The van der Waals surface area contributed by atoms with Crippen LogP contribution in [0.2, 0.25) is 0 Å². The van der Waals surface area contributed by atoms with Crippen LogP contribution in [0.3, 0.4) is 0 Å². The number of rotatable bonds is 4. The molecule has 2 aromatic rings. The fourth-order valence-electron chi connectivity index (χ4n) is 2.00. The highest BCUT2D eigenvalue weighted by molar-refractivity contribution is 5.39. The highest BCUT2D eigenvalue weighted by Crippen LogP contribution is 2.38. The van der Waals surface area contributed by atoms with Crippen molar-refractivity contribution in [3.05, 3.63) is 42.0 Å². The van der Waals surface area contributed by atoms with Crippen molar-refractivity contribution in [3.63, 3.8) is 0 Å². The molecule has 1 aliphatic carbocycles. The zero-order valence-electron chi connectivity index (χ0n) is 11.0. The molecule has 5 nitrogen and oxygen atoms in total. The Labute approximate surface area is 112 Å². The maximum Gasteiger partial charge on any atom is 0.133 e. The van der Waals surface area contributed by atoms with Gasteiger partial charge >= 0.3 is 0 Å². The molecule has 2 N–H and O–H groups in total. The highest BCUT2D eigenvalue weighted by atomic mass is 15.2. The monoisotopic (exact) mass is 255 g/mol. The first kappa shape index (κ1) is 11.9. The van der Waals surface area contributed by atoms with E-state index in [2.05, 4.69) is 19.9 Å². The van der Waals surface area contributed by atoms with Crippen LogP contribution in [0.15, 0.2) is 30.6 Å². The minimum atomic E-state index is 0.546. The van der Waals surface area contributed by atoms with Crippen LogP contribution in [0, 0.1) is 0 Å². The number of anilines is 2. The van der Waals surface area contributed by atoms with Crippen molar-refractivity contribution in [1.82, 2.24) is 15.0 Å². The van der Waals surface area contributed by atoms with Gasteiger partial charge in [-0.1, -0.05) is 6.07 Å². The number of aromatic nitrogens is 3. The normalized spacial score (nSPS) is 14.4. The molecule has 5 heteroatoms. The Morgan fingerprint density at radius 3 is 2.79 bits per heavy atom. The van der Waals surface area contributed by atoms with Gasteiger partial charge in [-0.25, -0.2) is 15.0 Å². The second-order valence-corrected chi connectivity index (χ2v) is 4.99. The number of hydrogen-bond donors (Lipinski definition) is 1. The van der Waals surface area contributed by atoms with E-state index < -0.39 is 0 Å². The molecule has 0 atom stereocenters. The SMILES string of the molecule is CN(Cc1ccc(N)nc1)c1ccnc(C2CC2)n1. The lowest BCUT2D eigenvalue weighted by molar-refractivity contribution is 0.851. The molecule has 2 heterocycles. The molecule has 0 saturated heterocycles. The van der Waals surface area contributed by atoms with Crippen molar-refractivity contribution in [2.24, 2.45) is 0 Å². The minimum Gasteiger partial charge on any atom is -0.384 e. The van der Waals surface area contributed by atoms with Gasteiger partial charge in [0.25, 0.3) is 0 Å². The number of hydrogen-bond acceptors (Lipinski definition) is 5. The van der Waals surface area contributed by atoms with E-state index in [1.165, 1.54) is 12.8 Å². The molecule has 0 unspecified atom stereocenters. The molecule has 0 bridgehead atoms. The molecule has 0 spiro atoms. The average Bonchev–Trinajstić information content (AvgIpc) is 3.26. The van der Waals surface area contributed by atoms with Crippen molar-refractivity contribution in [2.45, 2.75) is 25.3 Å². The lowest BCUT2D eigenvalue weighted by Gasteiger charge is -2.18. The van der Waals surface area contributed by atoms with E-state index in [9.17, 15) is 0 Å². The second-order valence-electron chi connectivity index (χ2n) is 4.99. The molecule has 0 aromatic carbocycles. The number of nitrogens with zero attached hydrogens (tertiary/aromatic N) is 4. The van der Waals surface area contributed by atoms with Crippen molar-refractivity contribution in [2.75, 3.05) is 17.7 Å². The Morgan fingerprint density at radius 1 is 1.26 bits per heavy atom. The molecule has 0 radical (unpaired) electrons. The van der Waals surface area contributed by atoms with Crippen LogP contribution in [-0.4, -0.2) is 22.0 Å². The number of pyridine rings is 1. The van der Waals surface area contributed by atoms with Crippen LogP contribution >= 0.6 is 0 Å². The summed E-state index contributed by atoms with van der Waals surface area (Å²) in [5, 5.41) is 0. The minimum absolute atomic E-state index is 0.546. The first-order valence-corrected chi connectivity index (χ1v) is 6.47. The van der Waals surface area contributed by atoms with E-state index in [1.807, 2.05) is 31.4 Å². The highest BCUT2D eigenvalue weighted by Gasteiger charge is 2.26. The molecule has 1 fully saturated rings. The lowest BCUT2D eigenvalue weighted by atomic mass is 10.2. The molecular weight excluding hydrogens is 238 g/mol. The zero-order chi connectivity index (χ0) is 13.2. The maximum atomic E-state index is 5.58. The molecule has 1 saturated carbocycles. The van der Waals surface area contributed by atoms with Crippen molar-refractivity contribution < 1.29 is 0 Å². The van der Waals surface area contributed by atoms with E-state index in [0.717, 1.165) is 23.8 Å². The Balaban J connectivity index is 1.74. The van der Waals surface area contributed by atoms with Crippen LogP contribution in [-0.2, 0) is 6.54 Å². The zero-order valence-corrected chi connectivity index (χ0v) is 11.0. The van der Waals surface area contributed by atoms with Crippen molar-refractivity contribution in [1.29, 1.82) is 0 Å². The third kappa shape index (κ3) is 2.81. The van der Waals surface area contributed by atoms with Gasteiger partial charge in [-0.3, -0.25) is 0 Å². The Bertz CT molecular complexity index is 562. The smallest absolute Gasteiger partial charge is 0.133 e. The van der Waals surface area contributed by atoms with Crippen molar-refractivity contribution >= 4 is 11.6 Å². The first-order valence-electron chi connectivity index (χ1n) is 6.47. The summed E-state index contributed by atoms with van der Waals surface area (Å²) in [6.45, 7) is 0.758. The first-order chi connectivity index (χ1) is 9.22. The fraction of sp³-hybridized carbons (Fsp3) is 0.357. The summed E-state index contributed by atoms with van der Waals surface area (Å²) in [5.74, 6) is 3.05. The summed E-state index contributed by atoms with van der Waals surface area (Å²) >= 11 is 0. The summed E-state index contributed by atoms with van der Waals surface area (Å²) < 4.78 is 0. The summed E-state index contributed by atoms with van der Waals surface area (Å²) in [5.41, 5.74) is 6.70. The molecule has 19 heavy (non-hydrogen) atoms. The summed E-state index contributed by atoms with van der Waals surface area (Å²) in [7, 11) is 2.02. The summed E-state index contributed by atoms with van der Waals surface area (Å²) in [6.07, 6.45) is 6.08. The van der Waals surface area contributed by atoms with Gasteiger partial charge in [0.1, 0.15) is 17.5 Å². The molecular formula is C14H17N5. The van der Waals surface area contributed by atoms with E-state index in [0.29, 0.717) is 11.7 Å². The van der Waals surface area contributed by atoms with Crippen LogP contribution in [0.5, 0.6) is 0 Å². The Morgan fingerprint density at radius 2 is 2.11 bits per heavy atom. The van der Waals surface area contributed by atoms with Crippen LogP contribution < -0.4 is 10.6 Å². The molecule has 3 rings (SSSR count). The average molecular weight is 255 g/mol. The van der Waals surface area contributed by atoms with Gasteiger partial charge in [0.2, 0.25) is 0 Å². The van der Waals surface area contributed by atoms with Gasteiger partial charge in [0.05, 0.1) is 0 Å². The van der Waals surface area contributed by atoms with Crippen molar-refractivity contribution in [3.8, 4) is 0 Å². The Kier molecular flexibility index (Phi) is 3.03. The van der Waals surface area contributed by atoms with Crippen LogP contribution in [0.25, 0.3) is 0 Å². The van der Waals surface area contributed by atoms with Gasteiger partial charge in [0, 0.05) is 31.9 Å². The van der Waals surface area contributed by atoms with E-state index in [4.69, 9.17) is 5.73 Å². The topological polar surface area (TPSA) is 67.9 Å². The predicted octanol–water partition coefficient (Wildman–Crippen LogP) is 1.97. The molecule has 98 valence electrons. The molecule has 1 aliphatic rings. The van der Waals surface area contributed by atoms with Crippen LogP contribution in [0.4, 0.5) is 11.6 Å². The lowest BCUT2D eigenvalue weighted by Crippen LogP contribution is -2.18. The quantitative estimate of drug-likeness (QED) is 0.904. The molecule has 2 aromatic heterocycles. The van der Waals surface area contributed by atoms with Gasteiger partial charge in [-0.05, 0) is 30.5 Å². The number of nitrogen functional groups attached to an aromatic ring is 1. The third-order valence-corrected chi connectivity index (χ3v) is 3.26. The Hall–Kier alpha value is -2.17. The predicted molar refractivity (Wildman–Crippen MR) is 74.8 cm³/mol. The van der Waals surface area contributed by atoms with Crippen LogP contribution in [0.1, 0.15) is 30.1 Å². The maximum absolute atomic E-state index is 5.58. The summed E-state index contributed by atoms with van der Waals surface area (Å²) in [6, 6.07) is 5.75. The van der Waals surface area contributed by atoms with Gasteiger partial charge in [0.15, 0.2) is 0 Å². The summed E-state index contributed by atoms with van der Waals surface area (Å²) in [4.78, 5) is 15.2. The standard InChI is InChI=1S/C14H17N5/c1-19(9-10-2-5-12(15)17-8-10)13-6-7-16-14(18-13)11-3-4-11/h2,5-8,11H,3-4,9H2,1H3,(H2,15,17). The van der Waals surface area contributed by atoms with Gasteiger partial charge in [-0.15, -0.1) is 0 Å². The second kappa shape index (κ2) is 4.84. The van der Waals surface area contributed by atoms with E-state index in [1.54, 1.807) is 6.20 Å². The molecule has 0 aliphatic heterocycles. The third-order valence-electron chi connectivity index (χ3n) is 3.26. The molecule has 0 amide bonds.